The Bertz CT molecular complexity index is 487. The van der Waals surface area contributed by atoms with Gasteiger partial charge in [-0.2, -0.15) is 0 Å². The zero-order valence-electron chi connectivity index (χ0n) is 11.3. The molecule has 0 aliphatic heterocycles. The molecule has 3 nitrogen and oxygen atoms in total. The van der Waals surface area contributed by atoms with Gasteiger partial charge in [-0.1, -0.05) is 0 Å². The minimum absolute atomic E-state index is 0.477. The van der Waals surface area contributed by atoms with Crippen molar-refractivity contribution in [3.05, 3.63) is 40.1 Å². The molecule has 0 spiro atoms. The Morgan fingerprint density at radius 2 is 2.28 bits per heavy atom. The largest absolute Gasteiger partial charge is 0.334 e. The molecule has 0 amide bonds. The summed E-state index contributed by atoms with van der Waals surface area (Å²) in [5.41, 5.74) is 0. The molecule has 0 aromatic carbocycles. The number of thiophene rings is 1. The van der Waals surface area contributed by atoms with Gasteiger partial charge in [0.2, 0.25) is 0 Å². The molecule has 0 fully saturated rings. The van der Waals surface area contributed by atoms with Gasteiger partial charge in [0, 0.05) is 34.7 Å². The predicted octanol–water partition coefficient (Wildman–Crippen LogP) is 2.99. The van der Waals surface area contributed by atoms with E-state index in [4.69, 9.17) is 0 Å². The molecule has 0 radical (unpaired) electrons. The van der Waals surface area contributed by atoms with E-state index >= 15 is 0 Å². The van der Waals surface area contributed by atoms with E-state index < -0.39 is 0 Å². The maximum Gasteiger partial charge on any atom is 0.122 e. The van der Waals surface area contributed by atoms with Crippen molar-refractivity contribution < 1.29 is 0 Å². The number of aromatic nitrogens is 2. The molecule has 0 saturated heterocycles. The standard InChI is InChI=1S/C14H21N3S/c1-4-17-8-7-15-14(17)10-16-11(2)9-13-6-5-12(3)18-13/h5-8,11,16H,4,9-10H2,1-3H3. The van der Waals surface area contributed by atoms with Gasteiger partial charge in [-0.05, 0) is 39.3 Å². The van der Waals surface area contributed by atoms with Crippen molar-refractivity contribution in [3.8, 4) is 0 Å². The summed E-state index contributed by atoms with van der Waals surface area (Å²) in [6.07, 6.45) is 4.99. The minimum Gasteiger partial charge on any atom is -0.334 e. The highest BCUT2D eigenvalue weighted by molar-refractivity contribution is 7.11. The molecule has 0 aliphatic carbocycles. The molecule has 98 valence electrons. The second-order valence-corrected chi connectivity index (χ2v) is 6.00. The summed E-state index contributed by atoms with van der Waals surface area (Å²) in [6, 6.07) is 4.90. The van der Waals surface area contributed by atoms with Crippen LogP contribution in [0.2, 0.25) is 0 Å². The van der Waals surface area contributed by atoms with Crippen molar-refractivity contribution in [1.29, 1.82) is 0 Å². The van der Waals surface area contributed by atoms with Crippen molar-refractivity contribution in [1.82, 2.24) is 14.9 Å². The molecular formula is C14H21N3S. The average Bonchev–Trinajstić information content (AvgIpc) is 2.95. The Hall–Kier alpha value is -1.13. The molecule has 1 N–H and O–H groups in total. The number of imidazole rings is 1. The lowest BCUT2D eigenvalue weighted by Gasteiger charge is -2.13. The van der Waals surface area contributed by atoms with Gasteiger partial charge < -0.3 is 9.88 Å². The number of hydrogen-bond acceptors (Lipinski definition) is 3. The smallest absolute Gasteiger partial charge is 0.122 e. The summed E-state index contributed by atoms with van der Waals surface area (Å²) in [5.74, 6) is 1.12. The number of hydrogen-bond donors (Lipinski definition) is 1. The molecule has 2 aromatic rings. The monoisotopic (exact) mass is 263 g/mol. The van der Waals surface area contributed by atoms with E-state index in [2.05, 4.69) is 47.8 Å². The highest BCUT2D eigenvalue weighted by atomic mass is 32.1. The average molecular weight is 263 g/mol. The van der Waals surface area contributed by atoms with E-state index in [9.17, 15) is 0 Å². The summed E-state index contributed by atoms with van der Waals surface area (Å²) in [5, 5.41) is 3.54. The van der Waals surface area contributed by atoms with Crippen molar-refractivity contribution in [2.24, 2.45) is 0 Å². The van der Waals surface area contributed by atoms with Gasteiger partial charge in [0.25, 0.3) is 0 Å². The highest BCUT2D eigenvalue weighted by Gasteiger charge is 2.07. The van der Waals surface area contributed by atoms with E-state index in [1.165, 1.54) is 9.75 Å². The Balaban J connectivity index is 1.83. The van der Waals surface area contributed by atoms with Crippen LogP contribution in [0.5, 0.6) is 0 Å². The Morgan fingerprint density at radius 1 is 1.44 bits per heavy atom. The molecule has 18 heavy (non-hydrogen) atoms. The maximum atomic E-state index is 4.37. The highest BCUT2D eigenvalue weighted by Crippen LogP contribution is 2.16. The molecule has 1 atom stereocenters. The van der Waals surface area contributed by atoms with Crippen LogP contribution >= 0.6 is 11.3 Å². The third-order valence-corrected chi connectivity index (χ3v) is 4.08. The second kappa shape index (κ2) is 6.16. The van der Waals surface area contributed by atoms with Gasteiger partial charge >= 0.3 is 0 Å². The van der Waals surface area contributed by atoms with Crippen LogP contribution in [-0.4, -0.2) is 15.6 Å². The first-order valence-corrected chi connectivity index (χ1v) is 7.29. The lowest BCUT2D eigenvalue weighted by molar-refractivity contribution is 0.521. The van der Waals surface area contributed by atoms with Crippen molar-refractivity contribution in [3.63, 3.8) is 0 Å². The Labute approximate surface area is 113 Å². The molecule has 0 aliphatic rings. The van der Waals surface area contributed by atoms with Crippen molar-refractivity contribution in [2.45, 2.75) is 46.3 Å². The first-order valence-electron chi connectivity index (χ1n) is 6.47. The molecule has 0 saturated carbocycles. The van der Waals surface area contributed by atoms with Gasteiger partial charge in [-0.25, -0.2) is 4.98 Å². The molecule has 2 rings (SSSR count). The Morgan fingerprint density at radius 3 is 2.94 bits per heavy atom. The summed E-state index contributed by atoms with van der Waals surface area (Å²) in [7, 11) is 0. The van der Waals surface area contributed by atoms with Gasteiger partial charge in [-0.15, -0.1) is 11.3 Å². The van der Waals surface area contributed by atoms with Crippen molar-refractivity contribution >= 4 is 11.3 Å². The van der Waals surface area contributed by atoms with Crippen LogP contribution in [0.4, 0.5) is 0 Å². The van der Waals surface area contributed by atoms with E-state index in [0.717, 1.165) is 25.3 Å². The number of nitrogens with one attached hydrogen (secondary N) is 1. The van der Waals surface area contributed by atoms with Crippen LogP contribution in [0.15, 0.2) is 24.5 Å². The van der Waals surface area contributed by atoms with Crippen molar-refractivity contribution in [2.75, 3.05) is 0 Å². The minimum atomic E-state index is 0.477. The summed E-state index contributed by atoms with van der Waals surface area (Å²) in [6.45, 7) is 8.35. The quantitative estimate of drug-likeness (QED) is 0.868. The third-order valence-electron chi connectivity index (χ3n) is 3.05. The molecule has 4 heteroatoms. The van der Waals surface area contributed by atoms with Crippen LogP contribution in [0, 0.1) is 6.92 Å². The zero-order chi connectivity index (χ0) is 13.0. The fourth-order valence-corrected chi connectivity index (χ4v) is 3.05. The second-order valence-electron chi connectivity index (χ2n) is 4.63. The van der Waals surface area contributed by atoms with Gasteiger partial charge in [-0.3, -0.25) is 0 Å². The van der Waals surface area contributed by atoms with Gasteiger partial charge in [0.15, 0.2) is 0 Å². The summed E-state index contributed by atoms with van der Waals surface area (Å²) >= 11 is 1.89. The number of aryl methyl sites for hydroxylation is 2. The molecule has 0 bridgehead atoms. The van der Waals surface area contributed by atoms with Crippen LogP contribution in [-0.2, 0) is 19.5 Å². The van der Waals surface area contributed by atoms with E-state index in [1.807, 2.05) is 23.7 Å². The van der Waals surface area contributed by atoms with Gasteiger partial charge in [0.05, 0.1) is 6.54 Å². The normalized spacial score (nSPS) is 12.8. The zero-order valence-corrected chi connectivity index (χ0v) is 12.1. The topological polar surface area (TPSA) is 29.9 Å². The molecule has 2 aromatic heterocycles. The Kier molecular flexibility index (Phi) is 4.55. The maximum absolute atomic E-state index is 4.37. The lowest BCUT2D eigenvalue weighted by atomic mass is 10.2. The number of rotatable bonds is 6. The summed E-state index contributed by atoms with van der Waals surface area (Å²) in [4.78, 5) is 7.21. The number of nitrogens with zero attached hydrogens (tertiary/aromatic N) is 2. The van der Waals surface area contributed by atoms with Gasteiger partial charge in [0.1, 0.15) is 5.82 Å². The SMILES string of the molecule is CCn1ccnc1CNC(C)Cc1ccc(C)s1. The molecular weight excluding hydrogens is 242 g/mol. The molecule has 2 heterocycles. The van der Waals surface area contributed by atoms with Crippen LogP contribution in [0.25, 0.3) is 0 Å². The fourth-order valence-electron chi connectivity index (χ4n) is 2.03. The first kappa shape index (κ1) is 13.3. The van der Waals surface area contributed by atoms with Crippen LogP contribution in [0.1, 0.15) is 29.4 Å². The fraction of sp³-hybridized carbons (Fsp3) is 0.500. The summed E-state index contributed by atoms with van der Waals surface area (Å²) < 4.78 is 2.18. The lowest BCUT2D eigenvalue weighted by Crippen LogP contribution is -2.28. The van der Waals surface area contributed by atoms with E-state index in [-0.39, 0.29) is 0 Å². The van der Waals surface area contributed by atoms with E-state index in [1.54, 1.807) is 0 Å². The first-order chi connectivity index (χ1) is 8.69. The predicted molar refractivity (Wildman–Crippen MR) is 77.0 cm³/mol. The van der Waals surface area contributed by atoms with E-state index in [0.29, 0.717) is 6.04 Å². The van der Waals surface area contributed by atoms with Crippen LogP contribution < -0.4 is 5.32 Å². The molecule has 1 unspecified atom stereocenters. The van der Waals surface area contributed by atoms with Crippen LogP contribution in [0.3, 0.4) is 0 Å². The third kappa shape index (κ3) is 3.43.